The van der Waals surface area contributed by atoms with Gasteiger partial charge in [-0.05, 0) is 38.3 Å². The molecule has 0 aromatic rings. The molecule has 2 aliphatic heterocycles. The van der Waals surface area contributed by atoms with Gasteiger partial charge in [-0.15, -0.1) is 0 Å². The zero-order valence-electron chi connectivity index (χ0n) is 18.9. The second-order valence-corrected chi connectivity index (χ2v) is 10.2. The molecule has 1 N–H and O–H groups in total. The van der Waals surface area contributed by atoms with Crippen molar-refractivity contribution in [1.82, 2.24) is 4.90 Å². The van der Waals surface area contributed by atoms with E-state index >= 15 is 0 Å². The molecule has 4 rings (SSSR count). The molecule has 0 spiro atoms. The van der Waals surface area contributed by atoms with Crippen LogP contribution in [0.4, 0.5) is 0 Å². The van der Waals surface area contributed by atoms with E-state index in [4.69, 9.17) is 14.2 Å². The summed E-state index contributed by atoms with van der Waals surface area (Å²) < 4.78 is 17.2. The van der Waals surface area contributed by atoms with Crippen LogP contribution in [0.1, 0.15) is 53.4 Å². The number of nitrogens with zero attached hydrogens (tertiary/aromatic N) is 1. The summed E-state index contributed by atoms with van der Waals surface area (Å²) >= 11 is 0. The van der Waals surface area contributed by atoms with Crippen LogP contribution in [0.3, 0.4) is 0 Å². The van der Waals surface area contributed by atoms with Crippen molar-refractivity contribution in [3.63, 3.8) is 0 Å². The molecule has 174 valence electrons. The summed E-state index contributed by atoms with van der Waals surface area (Å²) in [5.41, 5.74) is -0.845. The highest BCUT2D eigenvalue weighted by atomic mass is 16.6. The van der Waals surface area contributed by atoms with E-state index < -0.39 is 35.6 Å². The van der Waals surface area contributed by atoms with Gasteiger partial charge in [0.2, 0.25) is 0 Å². The van der Waals surface area contributed by atoms with E-state index in [1.165, 1.54) is 13.8 Å². The first kappa shape index (κ1) is 22.5. The number of carbonyl (C=O) groups is 3. The van der Waals surface area contributed by atoms with Crippen LogP contribution in [0, 0.1) is 29.1 Å². The summed E-state index contributed by atoms with van der Waals surface area (Å²) in [6.07, 6.45) is 0.822. The molecule has 0 aromatic heterocycles. The monoisotopic (exact) mass is 437 g/mol. The standard InChI is InChI=1S/C23H35NO7/c1-12-9-16-19(15(22(28)31-16)11-24-7-5-6-8-24)21(27)23(4)18(30-14(3)26)10-17(20(12)23)29-13(2)25/h12,15-21,27H,5-11H2,1-4H3/t12-,15+,16+,17-,18+,19-,20+,21+,23-/m1/s1. The lowest BCUT2D eigenvalue weighted by Crippen LogP contribution is -2.52. The molecular formula is C23H35NO7. The zero-order valence-corrected chi connectivity index (χ0v) is 18.9. The molecule has 0 bridgehead atoms. The Bertz CT molecular complexity index is 735. The lowest BCUT2D eigenvalue weighted by atomic mass is 9.66. The highest BCUT2D eigenvalue weighted by Crippen LogP contribution is 2.58. The molecule has 2 saturated carbocycles. The van der Waals surface area contributed by atoms with Crippen molar-refractivity contribution in [2.75, 3.05) is 19.6 Å². The fraction of sp³-hybridized carbons (Fsp3) is 0.870. The number of rotatable bonds is 4. The van der Waals surface area contributed by atoms with Crippen molar-refractivity contribution >= 4 is 17.9 Å². The molecular weight excluding hydrogens is 402 g/mol. The number of hydrogen-bond acceptors (Lipinski definition) is 8. The van der Waals surface area contributed by atoms with Crippen molar-refractivity contribution in [3.05, 3.63) is 0 Å². The molecule has 2 heterocycles. The van der Waals surface area contributed by atoms with Crippen molar-refractivity contribution in [1.29, 1.82) is 0 Å². The number of esters is 3. The molecule has 8 nitrogen and oxygen atoms in total. The van der Waals surface area contributed by atoms with Crippen molar-refractivity contribution in [2.45, 2.75) is 77.8 Å². The van der Waals surface area contributed by atoms with Gasteiger partial charge >= 0.3 is 17.9 Å². The first-order chi connectivity index (χ1) is 14.6. The van der Waals surface area contributed by atoms with Gasteiger partial charge in [0.15, 0.2) is 0 Å². The minimum atomic E-state index is -0.920. The first-order valence-electron chi connectivity index (χ1n) is 11.6. The number of likely N-dealkylation sites (tertiary alicyclic amines) is 1. The minimum absolute atomic E-state index is 0.0119. The molecule has 0 unspecified atom stereocenters. The second kappa shape index (κ2) is 8.35. The fourth-order valence-corrected chi connectivity index (χ4v) is 7.03. The Morgan fingerprint density at radius 3 is 2.42 bits per heavy atom. The molecule has 0 aromatic carbocycles. The maximum absolute atomic E-state index is 12.8. The quantitative estimate of drug-likeness (QED) is 0.522. The van der Waals surface area contributed by atoms with Crippen LogP contribution in [-0.2, 0) is 28.6 Å². The largest absolute Gasteiger partial charge is 0.462 e. The molecule has 31 heavy (non-hydrogen) atoms. The first-order valence-corrected chi connectivity index (χ1v) is 11.6. The van der Waals surface area contributed by atoms with Crippen molar-refractivity contribution < 1.29 is 33.7 Å². The van der Waals surface area contributed by atoms with Gasteiger partial charge in [0, 0.05) is 44.1 Å². The number of carbonyl (C=O) groups excluding carboxylic acids is 3. The third-order valence-corrected chi connectivity index (χ3v) is 8.22. The lowest BCUT2D eigenvalue weighted by molar-refractivity contribution is -0.165. The predicted octanol–water partition coefficient (Wildman–Crippen LogP) is 1.53. The Morgan fingerprint density at radius 1 is 1.16 bits per heavy atom. The molecule has 8 heteroatoms. The van der Waals surface area contributed by atoms with Crippen molar-refractivity contribution in [2.24, 2.45) is 29.1 Å². The molecule has 9 atom stereocenters. The Morgan fingerprint density at radius 2 is 1.81 bits per heavy atom. The van der Waals surface area contributed by atoms with E-state index in [1.54, 1.807) is 0 Å². The predicted molar refractivity (Wildman–Crippen MR) is 110 cm³/mol. The van der Waals surface area contributed by atoms with Gasteiger partial charge in [-0.1, -0.05) is 13.8 Å². The molecule has 0 amide bonds. The molecule has 0 radical (unpaired) electrons. The summed E-state index contributed by atoms with van der Waals surface area (Å²) in [5, 5.41) is 11.8. The highest BCUT2D eigenvalue weighted by molar-refractivity contribution is 5.76. The van der Waals surface area contributed by atoms with Crippen LogP contribution >= 0.6 is 0 Å². The Labute approximate surface area is 183 Å². The molecule has 4 fully saturated rings. The van der Waals surface area contributed by atoms with E-state index in [0.29, 0.717) is 19.4 Å². The molecule has 2 aliphatic carbocycles. The van der Waals surface area contributed by atoms with E-state index in [1.807, 2.05) is 13.8 Å². The summed E-state index contributed by atoms with van der Waals surface area (Å²) in [6, 6.07) is 0. The van der Waals surface area contributed by atoms with Crippen LogP contribution in [0.25, 0.3) is 0 Å². The van der Waals surface area contributed by atoms with Gasteiger partial charge in [-0.2, -0.15) is 0 Å². The summed E-state index contributed by atoms with van der Waals surface area (Å²) in [5.74, 6) is -2.03. The SMILES string of the molecule is CC(=O)O[C@H]1C[C@@H](OC(C)=O)[C@@H]2[C@H](C)C[C@@H]3OC(=O)[C@@H](CN4CCCC4)[C@H]3[C@H](O)[C@@]21C. The van der Waals surface area contributed by atoms with E-state index in [0.717, 1.165) is 25.9 Å². The van der Waals surface area contributed by atoms with Gasteiger partial charge < -0.3 is 24.2 Å². The number of hydrogen-bond donors (Lipinski definition) is 1. The van der Waals surface area contributed by atoms with Crippen LogP contribution in [0.15, 0.2) is 0 Å². The number of aliphatic hydroxyl groups excluding tert-OH is 1. The maximum atomic E-state index is 12.8. The normalized spacial score (nSPS) is 44.9. The Hall–Kier alpha value is -1.67. The van der Waals surface area contributed by atoms with Crippen LogP contribution in [-0.4, -0.2) is 72.0 Å². The zero-order chi connectivity index (χ0) is 22.5. The van der Waals surface area contributed by atoms with Gasteiger partial charge in [-0.25, -0.2) is 0 Å². The van der Waals surface area contributed by atoms with E-state index in [-0.39, 0.29) is 35.8 Å². The summed E-state index contributed by atoms with van der Waals surface area (Å²) in [6.45, 7) is 9.19. The molecule has 2 saturated heterocycles. The lowest BCUT2D eigenvalue weighted by Gasteiger charge is -2.43. The minimum Gasteiger partial charge on any atom is -0.462 e. The van der Waals surface area contributed by atoms with Gasteiger partial charge in [0.05, 0.1) is 12.0 Å². The topological polar surface area (TPSA) is 102 Å². The highest BCUT2D eigenvalue weighted by Gasteiger charge is 2.67. The fourth-order valence-electron chi connectivity index (χ4n) is 7.03. The number of ether oxygens (including phenoxy) is 3. The number of aliphatic hydroxyl groups is 1. The number of fused-ring (bicyclic) bond motifs is 2. The summed E-state index contributed by atoms with van der Waals surface area (Å²) in [7, 11) is 0. The van der Waals surface area contributed by atoms with Crippen LogP contribution < -0.4 is 0 Å². The Kier molecular flexibility index (Phi) is 6.07. The van der Waals surface area contributed by atoms with Gasteiger partial charge in [-0.3, -0.25) is 14.4 Å². The van der Waals surface area contributed by atoms with E-state index in [9.17, 15) is 19.5 Å². The van der Waals surface area contributed by atoms with E-state index in [2.05, 4.69) is 4.90 Å². The summed E-state index contributed by atoms with van der Waals surface area (Å²) in [4.78, 5) is 38.8. The van der Waals surface area contributed by atoms with Crippen LogP contribution in [0.2, 0.25) is 0 Å². The smallest absolute Gasteiger partial charge is 0.311 e. The Balaban J connectivity index is 1.69. The van der Waals surface area contributed by atoms with Gasteiger partial charge in [0.1, 0.15) is 18.3 Å². The maximum Gasteiger partial charge on any atom is 0.311 e. The molecule has 4 aliphatic rings. The van der Waals surface area contributed by atoms with Crippen LogP contribution in [0.5, 0.6) is 0 Å². The third-order valence-electron chi connectivity index (χ3n) is 8.22. The van der Waals surface area contributed by atoms with Gasteiger partial charge in [0.25, 0.3) is 0 Å². The average molecular weight is 438 g/mol. The average Bonchev–Trinajstić information content (AvgIpc) is 3.32. The third kappa shape index (κ3) is 3.86. The van der Waals surface area contributed by atoms with Crippen molar-refractivity contribution in [3.8, 4) is 0 Å². The second-order valence-electron chi connectivity index (χ2n) is 10.2.